The summed E-state index contributed by atoms with van der Waals surface area (Å²) in [6, 6.07) is 0. The molecule has 84 valence electrons. The van der Waals surface area contributed by atoms with Crippen molar-refractivity contribution < 1.29 is 4.79 Å². The highest BCUT2D eigenvalue weighted by Gasteiger charge is 2.04. The number of aromatic nitrogens is 3. The second kappa shape index (κ2) is 5.09. The Balaban J connectivity index is 1.80. The molecule has 0 spiro atoms. The zero-order valence-corrected chi connectivity index (χ0v) is 9.83. The molecular weight excluding hydrogens is 248 g/mol. The number of hydrogen-bond acceptors (Lipinski definition) is 4. The maximum Gasteiger partial charge on any atom is 0.228 e. The summed E-state index contributed by atoms with van der Waals surface area (Å²) in [4.78, 5) is 15.4. The number of anilines is 1. The summed E-state index contributed by atoms with van der Waals surface area (Å²) in [5.74, 6) is -0.0819. The normalized spacial score (nSPS) is 10.3. The van der Waals surface area contributed by atoms with Crippen LogP contribution in [0.25, 0.3) is 0 Å². The molecule has 0 aromatic carbocycles. The van der Waals surface area contributed by atoms with E-state index in [2.05, 4.69) is 15.4 Å². The Morgan fingerprint density at radius 2 is 2.50 bits per heavy atom. The van der Waals surface area contributed by atoms with Crippen LogP contribution < -0.4 is 5.32 Å². The molecular formula is C9H9ClN4OS. The fraction of sp³-hybridized carbons (Fsp3) is 0.222. The van der Waals surface area contributed by atoms with Gasteiger partial charge >= 0.3 is 0 Å². The molecule has 1 N–H and O–H groups in total. The van der Waals surface area contributed by atoms with Gasteiger partial charge in [0.05, 0.1) is 11.2 Å². The molecule has 2 heterocycles. The van der Waals surface area contributed by atoms with Crippen LogP contribution in [0.1, 0.15) is 6.42 Å². The van der Waals surface area contributed by atoms with E-state index < -0.39 is 0 Å². The van der Waals surface area contributed by atoms with E-state index in [1.54, 1.807) is 23.3 Å². The molecule has 0 aliphatic carbocycles. The van der Waals surface area contributed by atoms with Gasteiger partial charge in [-0.2, -0.15) is 5.10 Å². The van der Waals surface area contributed by atoms with Gasteiger partial charge in [0.25, 0.3) is 0 Å². The standard InChI is InChI=1S/C9H9ClN4OS/c10-7-5-12-14(6-7)3-1-8(15)13-9-11-2-4-16-9/h2,4-6H,1,3H2,(H,11,13,15). The van der Waals surface area contributed by atoms with Crippen LogP contribution in [0.15, 0.2) is 24.0 Å². The van der Waals surface area contributed by atoms with Crippen molar-refractivity contribution >= 4 is 34.0 Å². The van der Waals surface area contributed by atoms with Crippen molar-refractivity contribution in [1.82, 2.24) is 14.8 Å². The van der Waals surface area contributed by atoms with Gasteiger partial charge < -0.3 is 5.32 Å². The third kappa shape index (κ3) is 3.04. The molecule has 2 rings (SSSR count). The second-order valence-electron chi connectivity index (χ2n) is 3.06. The first-order chi connectivity index (χ1) is 7.74. The number of nitrogens with zero attached hydrogens (tertiary/aromatic N) is 3. The Labute approximate surface area is 101 Å². The lowest BCUT2D eigenvalue weighted by Crippen LogP contribution is -2.14. The first-order valence-electron chi connectivity index (χ1n) is 4.61. The molecule has 0 radical (unpaired) electrons. The molecule has 0 atom stereocenters. The molecule has 7 heteroatoms. The Morgan fingerprint density at radius 1 is 1.62 bits per heavy atom. The van der Waals surface area contributed by atoms with Crippen LogP contribution >= 0.6 is 22.9 Å². The van der Waals surface area contributed by atoms with Gasteiger partial charge in [-0.05, 0) is 0 Å². The number of amides is 1. The van der Waals surface area contributed by atoms with E-state index in [9.17, 15) is 4.79 Å². The summed E-state index contributed by atoms with van der Waals surface area (Å²) in [7, 11) is 0. The number of nitrogens with one attached hydrogen (secondary N) is 1. The van der Waals surface area contributed by atoms with Gasteiger partial charge in [0.2, 0.25) is 5.91 Å². The van der Waals surface area contributed by atoms with Gasteiger partial charge in [0.15, 0.2) is 5.13 Å². The van der Waals surface area contributed by atoms with E-state index in [4.69, 9.17) is 11.6 Å². The third-order valence-corrected chi connectivity index (χ3v) is 2.73. The van der Waals surface area contributed by atoms with Gasteiger partial charge in [-0.15, -0.1) is 11.3 Å². The Morgan fingerprint density at radius 3 is 3.12 bits per heavy atom. The monoisotopic (exact) mass is 256 g/mol. The zero-order valence-electron chi connectivity index (χ0n) is 8.26. The minimum atomic E-state index is -0.0819. The quantitative estimate of drug-likeness (QED) is 0.911. The van der Waals surface area contributed by atoms with E-state index in [-0.39, 0.29) is 5.91 Å². The SMILES string of the molecule is O=C(CCn1cc(Cl)cn1)Nc1nccs1. The number of carbonyl (C=O) groups is 1. The van der Waals surface area contributed by atoms with Gasteiger partial charge in [-0.25, -0.2) is 4.98 Å². The maximum absolute atomic E-state index is 11.5. The average Bonchev–Trinajstić information content (AvgIpc) is 2.87. The fourth-order valence-corrected chi connectivity index (χ4v) is 1.85. The first kappa shape index (κ1) is 11.1. The third-order valence-electron chi connectivity index (χ3n) is 1.85. The summed E-state index contributed by atoms with van der Waals surface area (Å²) in [6.07, 6.45) is 5.21. The molecule has 0 fully saturated rings. The topological polar surface area (TPSA) is 59.8 Å². The van der Waals surface area contributed by atoms with Crippen LogP contribution in [0.3, 0.4) is 0 Å². The van der Waals surface area contributed by atoms with Gasteiger partial charge in [0.1, 0.15) is 0 Å². The lowest BCUT2D eigenvalue weighted by Gasteiger charge is -2.01. The Bertz CT molecular complexity index is 468. The van der Waals surface area contributed by atoms with Crippen molar-refractivity contribution in [2.45, 2.75) is 13.0 Å². The predicted octanol–water partition coefficient (Wildman–Crippen LogP) is 2.02. The van der Waals surface area contributed by atoms with Crippen molar-refractivity contribution in [2.24, 2.45) is 0 Å². The van der Waals surface area contributed by atoms with Gasteiger partial charge in [-0.1, -0.05) is 11.6 Å². The van der Waals surface area contributed by atoms with E-state index >= 15 is 0 Å². The number of rotatable bonds is 4. The summed E-state index contributed by atoms with van der Waals surface area (Å²) in [6.45, 7) is 0.504. The van der Waals surface area contributed by atoms with Crippen LogP contribution in [-0.2, 0) is 11.3 Å². The van der Waals surface area contributed by atoms with E-state index in [0.717, 1.165) is 0 Å². The van der Waals surface area contributed by atoms with Crippen LogP contribution in [0.2, 0.25) is 5.02 Å². The molecule has 5 nitrogen and oxygen atoms in total. The van der Waals surface area contributed by atoms with Crippen LogP contribution in [0.5, 0.6) is 0 Å². The molecule has 0 aliphatic heterocycles. The number of aryl methyl sites for hydroxylation is 1. The zero-order chi connectivity index (χ0) is 11.4. The Hall–Kier alpha value is -1.40. The number of carbonyl (C=O) groups excluding carboxylic acids is 1. The number of hydrogen-bond donors (Lipinski definition) is 1. The average molecular weight is 257 g/mol. The smallest absolute Gasteiger partial charge is 0.228 e. The second-order valence-corrected chi connectivity index (χ2v) is 4.39. The van der Waals surface area contributed by atoms with E-state index in [0.29, 0.717) is 23.1 Å². The summed E-state index contributed by atoms with van der Waals surface area (Å²) in [5.41, 5.74) is 0. The van der Waals surface area contributed by atoms with Crippen molar-refractivity contribution in [2.75, 3.05) is 5.32 Å². The number of thiazole rings is 1. The van der Waals surface area contributed by atoms with E-state index in [1.807, 2.05) is 5.38 Å². The number of halogens is 1. The molecule has 0 saturated heterocycles. The minimum Gasteiger partial charge on any atom is -0.302 e. The highest BCUT2D eigenvalue weighted by atomic mass is 35.5. The predicted molar refractivity (Wildman–Crippen MR) is 62.6 cm³/mol. The van der Waals surface area contributed by atoms with E-state index in [1.165, 1.54) is 11.3 Å². The fourth-order valence-electron chi connectivity index (χ4n) is 1.14. The molecule has 0 bridgehead atoms. The Kier molecular flexibility index (Phi) is 3.53. The molecule has 16 heavy (non-hydrogen) atoms. The van der Waals surface area contributed by atoms with Crippen molar-refractivity contribution in [1.29, 1.82) is 0 Å². The lowest BCUT2D eigenvalue weighted by molar-refractivity contribution is -0.116. The molecule has 0 unspecified atom stereocenters. The molecule has 2 aromatic rings. The summed E-state index contributed by atoms with van der Waals surface area (Å²) < 4.78 is 1.63. The van der Waals surface area contributed by atoms with Gasteiger partial charge in [-0.3, -0.25) is 9.48 Å². The summed E-state index contributed by atoms with van der Waals surface area (Å²) in [5, 5.41) is 9.66. The van der Waals surface area contributed by atoms with Gasteiger partial charge in [0, 0.05) is 30.7 Å². The van der Waals surface area contributed by atoms with Crippen molar-refractivity contribution in [3.63, 3.8) is 0 Å². The molecule has 0 saturated carbocycles. The molecule has 1 amide bonds. The highest BCUT2D eigenvalue weighted by Crippen LogP contribution is 2.10. The van der Waals surface area contributed by atoms with Crippen LogP contribution in [0.4, 0.5) is 5.13 Å². The van der Waals surface area contributed by atoms with Crippen molar-refractivity contribution in [3.05, 3.63) is 29.0 Å². The van der Waals surface area contributed by atoms with Crippen LogP contribution in [0, 0.1) is 0 Å². The molecule has 2 aromatic heterocycles. The highest BCUT2D eigenvalue weighted by molar-refractivity contribution is 7.13. The van der Waals surface area contributed by atoms with Crippen molar-refractivity contribution in [3.8, 4) is 0 Å². The maximum atomic E-state index is 11.5. The van der Waals surface area contributed by atoms with Crippen LogP contribution in [-0.4, -0.2) is 20.7 Å². The first-order valence-corrected chi connectivity index (χ1v) is 5.87. The summed E-state index contributed by atoms with van der Waals surface area (Å²) >= 11 is 7.09. The minimum absolute atomic E-state index is 0.0819. The largest absolute Gasteiger partial charge is 0.302 e. The lowest BCUT2D eigenvalue weighted by atomic mass is 10.4. The molecule has 0 aliphatic rings.